The Hall–Kier alpha value is -4.51. The molecule has 0 saturated carbocycles. The lowest BCUT2D eigenvalue weighted by Gasteiger charge is -2.40. The largest absolute Gasteiger partial charge is 0.348 e. The van der Waals surface area contributed by atoms with Gasteiger partial charge in [-0.1, -0.05) is 24.3 Å². The van der Waals surface area contributed by atoms with E-state index in [1.165, 1.54) is 12.1 Å². The van der Waals surface area contributed by atoms with Crippen LogP contribution in [0.15, 0.2) is 72.8 Å². The fourth-order valence-electron chi connectivity index (χ4n) is 4.41. The maximum atomic E-state index is 13.4. The number of aromatic nitrogens is 2. The number of hydrogen-bond acceptors (Lipinski definition) is 5. The van der Waals surface area contributed by atoms with Gasteiger partial charge in [0.15, 0.2) is 5.82 Å². The van der Waals surface area contributed by atoms with Crippen LogP contribution >= 0.6 is 0 Å². The molecule has 0 aliphatic carbocycles. The van der Waals surface area contributed by atoms with E-state index in [1.54, 1.807) is 41.3 Å². The normalized spacial score (nSPS) is 15.6. The molecule has 8 heteroatoms. The number of rotatable bonds is 3. The molecule has 5 rings (SSSR count). The minimum absolute atomic E-state index is 0.0184. The van der Waals surface area contributed by atoms with Crippen LogP contribution in [0.4, 0.5) is 20.7 Å². The molecule has 0 radical (unpaired) electrons. The number of carbonyl (C=O) groups is 1. The number of nitrogens with zero attached hydrogens (tertiary/aromatic N) is 5. The third-order valence-electron chi connectivity index (χ3n) is 6.24. The van der Waals surface area contributed by atoms with E-state index in [1.807, 2.05) is 24.3 Å². The molecule has 1 N–H and O–H groups in total. The Labute approximate surface area is 202 Å². The Bertz CT molecular complexity index is 1410. The lowest BCUT2D eigenvalue weighted by molar-refractivity contribution is 0.200. The second kappa shape index (κ2) is 9.39. The Kier molecular flexibility index (Phi) is 5.98. The smallest absolute Gasteiger partial charge is 0.321 e. The summed E-state index contributed by atoms with van der Waals surface area (Å²) in [7, 11) is 0. The Morgan fingerprint density at radius 1 is 1.00 bits per heavy atom. The molecule has 0 unspecified atom stereocenters. The van der Waals surface area contributed by atoms with Crippen molar-refractivity contribution in [3.05, 3.63) is 84.2 Å². The number of halogens is 1. The molecule has 2 heterocycles. The van der Waals surface area contributed by atoms with Gasteiger partial charge in [0.25, 0.3) is 0 Å². The molecule has 1 saturated heterocycles. The average molecular weight is 467 g/mol. The van der Waals surface area contributed by atoms with Crippen molar-refractivity contribution < 1.29 is 9.18 Å². The molecule has 2 amide bonds. The highest BCUT2D eigenvalue weighted by molar-refractivity contribution is 6.00. The number of hydrogen-bond donors (Lipinski definition) is 1. The maximum absolute atomic E-state index is 13.4. The van der Waals surface area contributed by atoms with Crippen LogP contribution in [0.3, 0.4) is 0 Å². The number of carbonyl (C=O) groups excluding carboxylic acids is 1. The third kappa shape index (κ3) is 4.49. The SMILES string of the molecule is C[C@H]1CN(C(=O)Nc2ccc(C#N)cc2)CCN1c1nnc(-c2ccc(F)cc2)c2ccccc12. The third-order valence-corrected chi connectivity index (χ3v) is 6.24. The molecule has 174 valence electrons. The first kappa shape index (κ1) is 22.3. The molecule has 3 aromatic carbocycles. The monoisotopic (exact) mass is 466 g/mol. The van der Waals surface area contributed by atoms with E-state index in [9.17, 15) is 9.18 Å². The van der Waals surface area contributed by atoms with Gasteiger partial charge >= 0.3 is 6.03 Å². The molecule has 7 nitrogen and oxygen atoms in total. The van der Waals surface area contributed by atoms with E-state index in [4.69, 9.17) is 5.26 Å². The molecule has 1 atom stereocenters. The van der Waals surface area contributed by atoms with Gasteiger partial charge in [0.2, 0.25) is 0 Å². The fourth-order valence-corrected chi connectivity index (χ4v) is 4.41. The highest BCUT2D eigenvalue weighted by atomic mass is 19.1. The fraction of sp³-hybridized carbons (Fsp3) is 0.185. The summed E-state index contributed by atoms with van der Waals surface area (Å²) in [5, 5.41) is 22.8. The summed E-state index contributed by atoms with van der Waals surface area (Å²) in [6.07, 6.45) is 0. The van der Waals surface area contributed by atoms with Gasteiger partial charge in [0, 0.05) is 47.7 Å². The first-order chi connectivity index (χ1) is 17.0. The van der Waals surface area contributed by atoms with Crippen molar-refractivity contribution in [2.45, 2.75) is 13.0 Å². The number of urea groups is 1. The van der Waals surface area contributed by atoms with Crippen LogP contribution in [-0.4, -0.2) is 46.8 Å². The van der Waals surface area contributed by atoms with Crippen LogP contribution in [0, 0.1) is 17.1 Å². The van der Waals surface area contributed by atoms with Crippen LogP contribution in [0.2, 0.25) is 0 Å². The molecule has 1 fully saturated rings. The minimum atomic E-state index is -0.294. The maximum Gasteiger partial charge on any atom is 0.321 e. The first-order valence-corrected chi connectivity index (χ1v) is 11.4. The summed E-state index contributed by atoms with van der Waals surface area (Å²) >= 11 is 0. The summed E-state index contributed by atoms with van der Waals surface area (Å²) in [5.74, 6) is 0.476. The zero-order valence-electron chi connectivity index (χ0n) is 19.1. The number of nitrogens with one attached hydrogen (secondary N) is 1. The van der Waals surface area contributed by atoms with E-state index < -0.39 is 0 Å². The van der Waals surface area contributed by atoms with Gasteiger partial charge in [-0.2, -0.15) is 5.26 Å². The van der Waals surface area contributed by atoms with Gasteiger partial charge in [-0.05, 0) is 55.5 Å². The molecule has 1 aromatic heterocycles. The number of nitriles is 1. The Morgan fingerprint density at radius 3 is 2.40 bits per heavy atom. The molecule has 0 bridgehead atoms. The summed E-state index contributed by atoms with van der Waals surface area (Å²) in [4.78, 5) is 16.8. The highest BCUT2D eigenvalue weighted by Crippen LogP contribution is 2.33. The van der Waals surface area contributed by atoms with Gasteiger partial charge in [-0.3, -0.25) is 0 Å². The lowest BCUT2D eigenvalue weighted by Crippen LogP contribution is -2.55. The summed E-state index contributed by atoms with van der Waals surface area (Å²) in [6, 6.07) is 22.9. The average Bonchev–Trinajstić information content (AvgIpc) is 2.89. The van der Waals surface area contributed by atoms with E-state index in [2.05, 4.69) is 33.4 Å². The first-order valence-electron chi connectivity index (χ1n) is 11.4. The molecule has 4 aromatic rings. The van der Waals surface area contributed by atoms with Crippen LogP contribution in [0.5, 0.6) is 0 Å². The molecular formula is C27H23FN6O. The predicted octanol–water partition coefficient (Wildman–Crippen LogP) is 5.05. The van der Waals surface area contributed by atoms with E-state index in [0.29, 0.717) is 36.6 Å². The van der Waals surface area contributed by atoms with Gasteiger partial charge in [-0.15, -0.1) is 10.2 Å². The van der Waals surface area contributed by atoms with Crippen molar-refractivity contribution >= 4 is 28.3 Å². The summed E-state index contributed by atoms with van der Waals surface area (Å²) in [5.41, 5.74) is 2.71. The predicted molar refractivity (Wildman–Crippen MR) is 133 cm³/mol. The van der Waals surface area contributed by atoms with E-state index in [0.717, 1.165) is 22.2 Å². The van der Waals surface area contributed by atoms with Gasteiger partial charge in [0.05, 0.1) is 11.6 Å². The van der Waals surface area contributed by atoms with Crippen LogP contribution in [0.1, 0.15) is 12.5 Å². The quantitative estimate of drug-likeness (QED) is 0.457. The number of fused-ring (bicyclic) bond motifs is 1. The van der Waals surface area contributed by atoms with Gasteiger partial charge in [-0.25, -0.2) is 9.18 Å². The second-order valence-electron chi connectivity index (χ2n) is 8.53. The topological polar surface area (TPSA) is 85.2 Å². The van der Waals surface area contributed by atoms with Crippen LogP contribution < -0.4 is 10.2 Å². The van der Waals surface area contributed by atoms with Crippen LogP contribution in [-0.2, 0) is 0 Å². The highest BCUT2D eigenvalue weighted by Gasteiger charge is 2.29. The number of piperazine rings is 1. The lowest BCUT2D eigenvalue weighted by atomic mass is 10.0. The zero-order valence-corrected chi connectivity index (χ0v) is 19.1. The van der Waals surface area contributed by atoms with Crippen molar-refractivity contribution in [2.24, 2.45) is 0 Å². The van der Waals surface area contributed by atoms with Crippen LogP contribution in [0.25, 0.3) is 22.0 Å². The molecular weight excluding hydrogens is 443 g/mol. The van der Waals surface area contributed by atoms with Gasteiger partial charge < -0.3 is 15.1 Å². The molecule has 0 spiro atoms. The van der Waals surface area contributed by atoms with E-state index in [-0.39, 0.29) is 17.9 Å². The number of anilines is 2. The summed E-state index contributed by atoms with van der Waals surface area (Å²) in [6.45, 7) is 3.72. The standard InChI is InChI=1S/C27H23FN6O/c1-18-17-33(27(35)30-22-12-6-19(16-29)7-13-22)14-15-34(18)26-24-5-3-2-4-23(24)25(31-32-26)20-8-10-21(28)11-9-20/h2-13,18H,14-15,17H2,1H3,(H,30,35)/t18-/m0/s1. The van der Waals surface area contributed by atoms with Crippen molar-refractivity contribution in [1.82, 2.24) is 15.1 Å². The molecule has 35 heavy (non-hydrogen) atoms. The Morgan fingerprint density at radius 2 is 1.71 bits per heavy atom. The second-order valence-corrected chi connectivity index (χ2v) is 8.53. The number of benzene rings is 3. The van der Waals surface area contributed by atoms with E-state index >= 15 is 0 Å². The van der Waals surface area contributed by atoms with Crippen molar-refractivity contribution in [2.75, 3.05) is 29.9 Å². The minimum Gasteiger partial charge on any atom is -0.348 e. The van der Waals surface area contributed by atoms with Crippen molar-refractivity contribution in [1.29, 1.82) is 5.26 Å². The van der Waals surface area contributed by atoms with Crippen molar-refractivity contribution in [3.63, 3.8) is 0 Å². The number of amides is 2. The van der Waals surface area contributed by atoms with Gasteiger partial charge in [0.1, 0.15) is 11.5 Å². The zero-order chi connectivity index (χ0) is 24.4. The van der Waals surface area contributed by atoms with Crippen molar-refractivity contribution in [3.8, 4) is 17.3 Å². The molecule has 1 aliphatic rings. The molecule has 1 aliphatic heterocycles. The summed E-state index contributed by atoms with van der Waals surface area (Å²) < 4.78 is 13.4. The Balaban J connectivity index is 1.36.